The number of nitrogens with zero attached hydrogens (tertiary/aromatic N) is 2. The summed E-state index contributed by atoms with van der Waals surface area (Å²) >= 11 is 0. The zero-order valence-electron chi connectivity index (χ0n) is 14.4. The van der Waals surface area contributed by atoms with E-state index in [1.165, 1.54) is 0 Å². The van der Waals surface area contributed by atoms with Crippen molar-refractivity contribution in [3.05, 3.63) is 64.7 Å². The normalized spacial score (nSPS) is 19.5. The molecule has 1 fully saturated rings. The number of rotatable bonds is 2. The van der Waals surface area contributed by atoms with Gasteiger partial charge in [0.25, 0.3) is 17.7 Å². The molecular formula is C20H16N2O4. The van der Waals surface area contributed by atoms with Gasteiger partial charge in [0.1, 0.15) is 6.04 Å². The molecule has 0 spiro atoms. The van der Waals surface area contributed by atoms with E-state index in [0.29, 0.717) is 5.69 Å². The summed E-state index contributed by atoms with van der Waals surface area (Å²) in [6.07, 6.45) is -0.196. The smallest absolute Gasteiger partial charge is 0.262 e. The minimum atomic E-state index is -1.10. The number of hydrogen-bond acceptors (Lipinski definition) is 4. The molecule has 2 aromatic rings. The number of benzene rings is 2. The lowest BCUT2D eigenvalue weighted by molar-refractivity contribution is -0.122. The third kappa shape index (κ3) is 2.12. The number of hydrogen-bond donors (Lipinski definition) is 0. The summed E-state index contributed by atoms with van der Waals surface area (Å²) in [6.45, 7) is 3.64. The molecule has 0 bridgehead atoms. The minimum absolute atomic E-state index is 0.196. The van der Waals surface area contributed by atoms with Gasteiger partial charge in [-0.1, -0.05) is 30.3 Å². The molecule has 4 rings (SSSR count). The number of fused-ring (bicyclic) bond motifs is 1. The van der Waals surface area contributed by atoms with Gasteiger partial charge in [0.05, 0.1) is 23.2 Å². The molecule has 0 N–H and O–H groups in total. The zero-order chi connectivity index (χ0) is 18.6. The standard InChI is InChI=1S/C20H16N2O4/c1-11-6-5-7-12(2)17(11)22-16(23)10-15(20(22)26)21-18(24)13-8-3-4-9-14(13)19(21)25/h3-9,15H,10H2,1-2H3. The van der Waals surface area contributed by atoms with E-state index in [1.807, 2.05) is 32.0 Å². The SMILES string of the molecule is Cc1cccc(C)c1N1C(=O)CC(N2C(=O)c3ccccc3C2=O)C1=O. The van der Waals surface area contributed by atoms with Crippen molar-refractivity contribution in [2.75, 3.05) is 4.90 Å². The highest BCUT2D eigenvalue weighted by Crippen LogP contribution is 2.34. The van der Waals surface area contributed by atoms with Gasteiger partial charge in [-0.15, -0.1) is 0 Å². The Balaban J connectivity index is 1.73. The minimum Gasteiger partial charge on any atom is -0.274 e. The Kier molecular flexibility index (Phi) is 3.50. The first-order valence-corrected chi connectivity index (χ1v) is 8.31. The second kappa shape index (κ2) is 5.62. The van der Waals surface area contributed by atoms with Gasteiger partial charge in [0, 0.05) is 0 Å². The van der Waals surface area contributed by atoms with E-state index >= 15 is 0 Å². The first-order valence-electron chi connectivity index (χ1n) is 8.31. The number of aryl methyl sites for hydroxylation is 2. The monoisotopic (exact) mass is 348 g/mol. The highest BCUT2D eigenvalue weighted by Gasteiger charge is 2.50. The summed E-state index contributed by atoms with van der Waals surface area (Å²) in [6, 6.07) is 10.8. The van der Waals surface area contributed by atoms with Crippen molar-refractivity contribution >= 4 is 29.3 Å². The van der Waals surface area contributed by atoms with Crippen molar-refractivity contribution in [2.24, 2.45) is 0 Å². The van der Waals surface area contributed by atoms with Gasteiger partial charge < -0.3 is 0 Å². The van der Waals surface area contributed by atoms with Crippen LogP contribution in [0.25, 0.3) is 0 Å². The van der Waals surface area contributed by atoms with Crippen LogP contribution < -0.4 is 4.90 Å². The number of carbonyl (C=O) groups is 4. The van der Waals surface area contributed by atoms with E-state index in [1.54, 1.807) is 24.3 Å². The maximum absolute atomic E-state index is 13.0. The first kappa shape index (κ1) is 16.2. The lowest BCUT2D eigenvalue weighted by Crippen LogP contribution is -2.45. The Morgan fingerprint density at radius 1 is 0.808 bits per heavy atom. The number of amides is 4. The molecule has 6 heteroatoms. The van der Waals surface area contributed by atoms with E-state index in [-0.39, 0.29) is 17.5 Å². The molecular weight excluding hydrogens is 332 g/mol. The molecule has 2 aliphatic heterocycles. The molecule has 2 aliphatic rings. The van der Waals surface area contributed by atoms with Gasteiger partial charge in [0.15, 0.2) is 0 Å². The maximum Gasteiger partial charge on any atom is 0.262 e. The Morgan fingerprint density at radius 3 is 1.88 bits per heavy atom. The summed E-state index contributed by atoms with van der Waals surface area (Å²) < 4.78 is 0. The van der Waals surface area contributed by atoms with Crippen LogP contribution in [0.2, 0.25) is 0 Å². The molecule has 2 heterocycles. The molecule has 6 nitrogen and oxygen atoms in total. The Morgan fingerprint density at radius 2 is 1.35 bits per heavy atom. The molecule has 4 amide bonds. The van der Waals surface area contributed by atoms with E-state index < -0.39 is 29.7 Å². The molecule has 2 aromatic carbocycles. The molecule has 0 aromatic heterocycles. The second-order valence-corrected chi connectivity index (χ2v) is 6.55. The van der Waals surface area contributed by atoms with Crippen LogP contribution in [0.1, 0.15) is 38.3 Å². The third-order valence-corrected chi connectivity index (χ3v) is 4.92. The van der Waals surface area contributed by atoms with Crippen molar-refractivity contribution < 1.29 is 19.2 Å². The molecule has 130 valence electrons. The maximum atomic E-state index is 13.0. The first-order chi connectivity index (χ1) is 12.4. The van der Waals surface area contributed by atoms with Gasteiger partial charge in [-0.25, -0.2) is 4.90 Å². The zero-order valence-corrected chi connectivity index (χ0v) is 14.4. The fourth-order valence-electron chi connectivity index (χ4n) is 3.70. The number of carbonyl (C=O) groups excluding carboxylic acids is 4. The summed E-state index contributed by atoms with van der Waals surface area (Å²) in [5, 5.41) is 0. The molecule has 0 radical (unpaired) electrons. The van der Waals surface area contributed by atoms with Crippen molar-refractivity contribution in [3.63, 3.8) is 0 Å². The fourth-order valence-corrected chi connectivity index (χ4v) is 3.70. The van der Waals surface area contributed by atoms with Crippen molar-refractivity contribution in [2.45, 2.75) is 26.3 Å². The van der Waals surface area contributed by atoms with Crippen molar-refractivity contribution in [1.29, 1.82) is 0 Å². The van der Waals surface area contributed by atoms with Crippen LogP contribution in [0.4, 0.5) is 5.69 Å². The van der Waals surface area contributed by atoms with Gasteiger partial charge in [-0.3, -0.25) is 24.1 Å². The van der Waals surface area contributed by atoms with Crippen LogP contribution in [-0.2, 0) is 9.59 Å². The highest BCUT2D eigenvalue weighted by molar-refractivity contribution is 6.28. The predicted molar refractivity (Wildman–Crippen MR) is 93.8 cm³/mol. The van der Waals surface area contributed by atoms with Crippen molar-refractivity contribution in [3.8, 4) is 0 Å². The lowest BCUT2D eigenvalue weighted by atomic mass is 10.1. The topological polar surface area (TPSA) is 74.8 Å². The van der Waals surface area contributed by atoms with Crippen LogP contribution in [0.3, 0.4) is 0 Å². The van der Waals surface area contributed by atoms with Crippen LogP contribution in [-0.4, -0.2) is 34.6 Å². The number of imide groups is 2. The molecule has 1 unspecified atom stereocenters. The number of para-hydroxylation sites is 1. The van der Waals surface area contributed by atoms with Crippen LogP contribution in [0.5, 0.6) is 0 Å². The predicted octanol–water partition coefficient (Wildman–Crippen LogP) is 2.23. The summed E-state index contributed by atoms with van der Waals surface area (Å²) in [5.41, 5.74) is 2.64. The molecule has 0 saturated carbocycles. The average Bonchev–Trinajstić information content (AvgIpc) is 3.03. The van der Waals surface area contributed by atoms with Crippen LogP contribution in [0.15, 0.2) is 42.5 Å². The molecule has 1 saturated heterocycles. The summed E-state index contributed by atoms with van der Waals surface area (Å²) in [4.78, 5) is 52.9. The Bertz CT molecular complexity index is 940. The summed E-state index contributed by atoms with van der Waals surface area (Å²) in [5.74, 6) is -2.00. The third-order valence-electron chi connectivity index (χ3n) is 4.92. The Hall–Kier alpha value is -3.28. The summed E-state index contributed by atoms with van der Waals surface area (Å²) in [7, 11) is 0. The number of anilines is 1. The molecule has 0 aliphatic carbocycles. The Labute approximate surface area is 150 Å². The largest absolute Gasteiger partial charge is 0.274 e. The second-order valence-electron chi connectivity index (χ2n) is 6.55. The highest BCUT2D eigenvalue weighted by atomic mass is 16.2. The van der Waals surface area contributed by atoms with Crippen LogP contribution >= 0.6 is 0 Å². The van der Waals surface area contributed by atoms with E-state index in [4.69, 9.17) is 0 Å². The van der Waals surface area contributed by atoms with Gasteiger partial charge in [-0.2, -0.15) is 0 Å². The van der Waals surface area contributed by atoms with E-state index in [9.17, 15) is 19.2 Å². The lowest BCUT2D eigenvalue weighted by Gasteiger charge is -2.22. The van der Waals surface area contributed by atoms with Crippen LogP contribution in [0, 0.1) is 13.8 Å². The fraction of sp³-hybridized carbons (Fsp3) is 0.200. The van der Waals surface area contributed by atoms with Crippen molar-refractivity contribution in [1.82, 2.24) is 4.90 Å². The van der Waals surface area contributed by atoms with Gasteiger partial charge in [-0.05, 0) is 37.1 Å². The van der Waals surface area contributed by atoms with E-state index in [0.717, 1.165) is 20.9 Å². The van der Waals surface area contributed by atoms with Gasteiger partial charge >= 0.3 is 0 Å². The molecule has 26 heavy (non-hydrogen) atoms. The molecule has 1 atom stereocenters. The average molecular weight is 348 g/mol. The quantitative estimate of drug-likeness (QED) is 0.780. The van der Waals surface area contributed by atoms with Gasteiger partial charge in [0.2, 0.25) is 5.91 Å². The van der Waals surface area contributed by atoms with E-state index in [2.05, 4.69) is 0 Å².